The molecule has 236 valence electrons. The third kappa shape index (κ3) is 8.27. The second-order valence-corrected chi connectivity index (χ2v) is 13.4. The highest BCUT2D eigenvalue weighted by atomic mass is 79.9. The molecule has 0 bridgehead atoms. The molecule has 44 heavy (non-hydrogen) atoms. The molecule has 0 aliphatic rings. The number of halogens is 2. The zero-order valence-electron chi connectivity index (χ0n) is 24.9. The lowest BCUT2D eigenvalue weighted by molar-refractivity contribution is -0.385. The van der Waals surface area contributed by atoms with Gasteiger partial charge in [0.05, 0.1) is 22.6 Å². The molecule has 0 heterocycles. The lowest BCUT2D eigenvalue weighted by Gasteiger charge is -2.33. The van der Waals surface area contributed by atoms with Gasteiger partial charge in [-0.2, -0.15) is 0 Å². The van der Waals surface area contributed by atoms with Gasteiger partial charge in [-0.1, -0.05) is 52.7 Å². The maximum Gasteiger partial charge on any atom is 0.273 e. The third-order valence-corrected chi connectivity index (χ3v) is 9.61. The molecule has 1 N–H and O–H groups in total. The molecule has 0 aromatic heterocycles. The van der Waals surface area contributed by atoms with Crippen LogP contribution < -0.4 is 14.4 Å². The Morgan fingerprint density at radius 3 is 2.34 bits per heavy atom. The van der Waals surface area contributed by atoms with Gasteiger partial charge in [-0.3, -0.25) is 24.0 Å². The average molecular weight is 710 g/mol. The summed E-state index contributed by atoms with van der Waals surface area (Å²) in [6.07, 6.45) is 0.669. The summed E-state index contributed by atoms with van der Waals surface area (Å²) in [7, 11) is -3.29. The van der Waals surface area contributed by atoms with Crippen molar-refractivity contribution in [3.05, 3.63) is 91.4 Å². The van der Waals surface area contributed by atoms with E-state index in [0.717, 1.165) is 14.8 Å². The molecule has 0 aliphatic carbocycles. The van der Waals surface area contributed by atoms with E-state index >= 15 is 0 Å². The summed E-state index contributed by atoms with van der Waals surface area (Å²) >= 11 is 9.64. The molecule has 2 atom stereocenters. The number of sulfonamides is 1. The van der Waals surface area contributed by atoms with Gasteiger partial charge in [0.1, 0.15) is 18.3 Å². The van der Waals surface area contributed by atoms with Crippen LogP contribution in [0.4, 0.5) is 11.4 Å². The number of hydrogen-bond donors (Lipinski definition) is 1. The van der Waals surface area contributed by atoms with Gasteiger partial charge in [0.15, 0.2) is 0 Å². The van der Waals surface area contributed by atoms with Crippen LogP contribution in [0, 0.1) is 17.0 Å². The minimum Gasteiger partial charge on any atom is -0.495 e. The van der Waals surface area contributed by atoms with Crippen molar-refractivity contribution in [2.45, 2.75) is 57.6 Å². The zero-order valence-corrected chi connectivity index (χ0v) is 28.1. The number of amides is 2. The lowest BCUT2D eigenvalue weighted by atomic mass is 10.1. The van der Waals surface area contributed by atoms with E-state index in [0.29, 0.717) is 12.0 Å². The van der Waals surface area contributed by atoms with E-state index < -0.39 is 49.9 Å². The van der Waals surface area contributed by atoms with E-state index in [1.807, 2.05) is 13.8 Å². The number of hydrogen-bond acceptors (Lipinski definition) is 7. The molecular formula is C30H34BrClN4O7S. The number of nitro groups is 1. The smallest absolute Gasteiger partial charge is 0.273 e. The number of nitrogens with zero attached hydrogens (tertiary/aromatic N) is 3. The monoisotopic (exact) mass is 708 g/mol. The van der Waals surface area contributed by atoms with Gasteiger partial charge in [-0.15, -0.1) is 0 Å². The first-order valence-electron chi connectivity index (χ1n) is 13.6. The average Bonchev–Trinajstić information content (AvgIpc) is 2.98. The van der Waals surface area contributed by atoms with Gasteiger partial charge in [-0.25, -0.2) is 8.42 Å². The molecular weight excluding hydrogens is 676 g/mol. The number of methoxy groups -OCH3 is 1. The SMILES string of the molecule is CCC(C)NC(=O)C(C)N(Cc1ccc(Br)cc1)C(=O)CN(c1cc(Cl)ccc1OC)S(=O)(=O)c1ccc(C)c([N+](=O)[O-])c1. The molecule has 0 spiro atoms. The summed E-state index contributed by atoms with van der Waals surface area (Å²) in [5.74, 6) is -1.02. The fraction of sp³-hybridized carbons (Fsp3) is 0.333. The lowest BCUT2D eigenvalue weighted by Crippen LogP contribution is -2.52. The Labute approximate surface area is 270 Å². The Morgan fingerprint density at radius 1 is 1.09 bits per heavy atom. The van der Waals surface area contributed by atoms with Gasteiger partial charge >= 0.3 is 0 Å². The van der Waals surface area contributed by atoms with Crippen molar-refractivity contribution in [2.75, 3.05) is 18.0 Å². The Hall–Kier alpha value is -3.68. The minimum atomic E-state index is -4.62. The number of anilines is 1. The van der Waals surface area contributed by atoms with Crippen molar-refractivity contribution in [3.63, 3.8) is 0 Å². The summed E-state index contributed by atoms with van der Waals surface area (Å²) in [5, 5.41) is 14.7. The van der Waals surface area contributed by atoms with Crippen LogP contribution in [0.3, 0.4) is 0 Å². The zero-order chi connectivity index (χ0) is 32.8. The molecule has 0 saturated carbocycles. The van der Waals surface area contributed by atoms with Crippen LogP contribution in [-0.2, 0) is 26.2 Å². The number of benzene rings is 3. The third-order valence-electron chi connectivity index (χ3n) is 7.09. The Balaban J connectivity index is 2.15. The number of nitrogens with one attached hydrogen (secondary N) is 1. The van der Waals surface area contributed by atoms with E-state index in [1.54, 1.807) is 31.2 Å². The molecule has 0 radical (unpaired) electrons. The fourth-order valence-electron chi connectivity index (χ4n) is 4.28. The first kappa shape index (κ1) is 34.8. The van der Waals surface area contributed by atoms with Gasteiger partial charge in [0.2, 0.25) is 11.8 Å². The number of aryl methyl sites for hydroxylation is 1. The Kier molecular flexibility index (Phi) is 11.8. The predicted octanol–water partition coefficient (Wildman–Crippen LogP) is 5.86. The molecule has 11 nitrogen and oxygen atoms in total. The van der Waals surface area contributed by atoms with Crippen LogP contribution >= 0.6 is 27.5 Å². The molecule has 0 fully saturated rings. The van der Waals surface area contributed by atoms with Crippen molar-refractivity contribution < 1.29 is 27.7 Å². The molecule has 3 aromatic carbocycles. The Bertz CT molecular complexity index is 1640. The highest BCUT2D eigenvalue weighted by Crippen LogP contribution is 2.36. The molecule has 3 rings (SSSR count). The molecule has 2 unspecified atom stereocenters. The van der Waals surface area contributed by atoms with Crippen molar-refractivity contribution >= 4 is 60.7 Å². The van der Waals surface area contributed by atoms with Crippen molar-refractivity contribution in [3.8, 4) is 5.75 Å². The van der Waals surface area contributed by atoms with Gasteiger partial charge in [0, 0.05) is 33.7 Å². The second kappa shape index (κ2) is 14.9. The first-order valence-corrected chi connectivity index (χ1v) is 16.3. The van der Waals surface area contributed by atoms with Crippen LogP contribution in [0.25, 0.3) is 0 Å². The highest BCUT2D eigenvalue weighted by Gasteiger charge is 2.35. The van der Waals surface area contributed by atoms with Crippen molar-refractivity contribution in [2.24, 2.45) is 0 Å². The number of rotatable bonds is 13. The predicted molar refractivity (Wildman–Crippen MR) is 172 cm³/mol. The maximum atomic E-state index is 14.2. The van der Waals surface area contributed by atoms with Gasteiger partial charge < -0.3 is 15.0 Å². The van der Waals surface area contributed by atoms with E-state index in [-0.39, 0.29) is 34.6 Å². The van der Waals surface area contributed by atoms with Crippen molar-refractivity contribution in [1.29, 1.82) is 0 Å². The Morgan fingerprint density at radius 2 is 1.75 bits per heavy atom. The molecule has 3 aromatic rings. The van der Waals surface area contributed by atoms with Crippen LogP contribution in [0.5, 0.6) is 5.75 Å². The standard InChI is InChI=1S/C30H34BrClN4O7S/c1-6-20(3)33-30(38)21(4)34(17-22-8-10-23(31)11-9-22)29(37)18-35(27-15-24(32)12-14-28(27)43-5)44(41,42)25-13-7-19(2)26(16-25)36(39)40/h7-16,20-21H,6,17-18H2,1-5H3,(H,33,38). The van der Waals surface area contributed by atoms with Crippen LogP contribution in [0.15, 0.2) is 70.0 Å². The van der Waals surface area contributed by atoms with E-state index in [2.05, 4.69) is 21.2 Å². The van der Waals surface area contributed by atoms with Crippen LogP contribution in [0.2, 0.25) is 5.02 Å². The van der Waals surface area contributed by atoms with Crippen molar-refractivity contribution in [1.82, 2.24) is 10.2 Å². The van der Waals surface area contributed by atoms with Gasteiger partial charge in [0.25, 0.3) is 15.7 Å². The summed E-state index contributed by atoms with van der Waals surface area (Å²) in [6.45, 7) is 6.04. The first-order chi connectivity index (χ1) is 20.7. The maximum absolute atomic E-state index is 14.2. The molecule has 14 heteroatoms. The summed E-state index contributed by atoms with van der Waals surface area (Å²) < 4.78 is 35.4. The molecule has 0 aliphatic heterocycles. The van der Waals surface area contributed by atoms with E-state index in [9.17, 15) is 28.1 Å². The quantitative estimate of drug-likeness (QED) is 0.173. The van der Waals surface area contributed by atoms with Crippen LogP contribution in [-0.4, -0.2) is 55.8 Å². The normalized spacial score (nSPS) is 12.6. The molecule has 0 saturated heterocycles. The number of ether oxygens (including phenoxy) is 1. The van der Waals surface area contributed by atoms with E-state index in [4.69, 9.17) is 16.3 Å². The van der Waals surface area contributed by atoms with E-state index in [1.165, 1.54) is 49.3 Å². The second-order valence-electron chi connectivity index (χ2n) is 10.2. The fourth-order valence-corrected chi connectivity index (χ4v) is 6.15. The largest absolute Gasteiger partial charge is 0.495 e. The molecule has 2 amide bonds. The number of carbonyl (C=O) groups is 2. The summed E-state index contributed by atoms with van der Waals surface area (Å²) in [6, 6.07) is 13.8. The minimum absolute atomic E-state index is 0.00220. The summed E-state index contributed by atoms with van der Waals surface area (Å²) in [4.78, 5) is 39.2. The topological polar surface area (TPSA) is 139 Å². The highest BCUT2D eigenvalue weighted by molar-refractivity contribution is 9.10. The van der Waals surface area contributed by atoms with Gasteiger partial charge in [-0.05, 0) is 69.2 Å². The van der Waals surface area contributed by atoms with Crippen LogP contribution in [0.1, 0.15) is 38.3 Å². The number of nitro benzene ring substituents is 1. The number of carbonyl (C=O) groups excluding carboxylic acids is 2. The summed E-state index contributed by atoms with van der Waals surface area (Å²) in [5.41, 5.74) is 0.506.